The second kappa shape index (κ2) is 7.61. The quantitative estimate of drug-likeness (QED) is 0.484. The monoisotopic (exact) mass is 443 g/mol. The van der Waals surface area contributed by atoms with Crippen molar-refractivity contribution < 1.29 is 9.18 Å². The number of aryl methyl sites for hydroxylation is 1. The molecule has 9 heteroatoms. The highest BCUT2D eigenvalue weighted by Crippen LogP contribution is 2.36. The van der Waals surface area contributed by atoms with E-state index >= 15 is 0 Å². The van der Waals surface area contributed by atoms with Crippen molar-refractivity contribution in [1.82, 2.24) is 29.9 Å². The van der Waals surface area contributed by atoms with E-state index in [-0.39, 0.29) is 17.8 Å². The molecule has 0 unspecified atom stereocenters. The molecule has 6 rings (SSSR count). The molecule has 2 aromatic heterocycles. The largest absolute Gasteiger partial charge is 0.350 e. The molecule has 2 aliphatic heterocycles. The highest BCUT2D eigenvalue weighted by molar-refractivity contribution is 5.98. The average Bonchev–Trinajstić information content (AvgIpc) is 3.34. The van der Waals surface area contributed by atoms with Gasteiger partial charge in [-0.25, -0.2) is 9.37 Å². The molecule has 0 aliphatic carbocycles. The van der Waals surface area contributed by atoms with Gasteiger partial charge in [-0.15, -0.1) is 0 Å². The van der Waals surface area contributed by atoms with Gasteiger partial charge in [-0.1, -0.05) is 11.6 Å². The van der Waals surface area contributed by atoms with Gasteiger partial charge in [0, 0.05) is 31.6 Å². The lowest BCUT2D eigenvalue weighted by atomic mass is 9.82. The Labute approximate surface area is 189 Å². The van der Waals surface area contributed by atoms with Gasteiger partial charge in [0.25, 0.3) is 5.91 Å². The molecule has 0 bridgehead atoms. The predicted octanol–water partition coefficient (Wildman–Crippen LogP) is 3.01. The Morgan fingerprint density at radius 2 is 1.91 bits per heavy atom. The Bertz CT molecular complexity index is 1360. The Morgan fingerprint density at radius 1 is 1.06 bits per heavy atom. The highest BCUT2D eigenvalue weighted by atomic mass is 19.1. The van der Waals surface area contributed by atoms with E-state index in [1.54, 1.807) is 24.7 Å². The van der Waals surface area contributed by atoms with Crippen LogP contribution in [0, 0.1) is 18.7 Å². The van der Waals surface area contributed by atoms with Gasteiger partial charge in [-0.3, -0.25) is 9.78 Å². The number of rotatable bonds is 3. The van der Waals surface area contributed by atoms with E-state index in [0.717, 1.165) is 30.9 Å². The number of hydrogen-bond donors (Lipinski definition) is 0. The van der Waals surface area contributed by atoms with E-state index in [4.69, 9.17) is 4.98 Å². The number of amides is 1. The summed E-state index contributed by atoms with van der Waals surface area (Å²) in [6.07, 6.45) is 5.84. The number of carbonyl (C=O) groups excluding carboxylic acids is 1. The van der Waals surface area contributed by atoms with Gasteiger partial charge in [-0.05, 0) is 37.6 Å². The first-order valence-corrected chi connectivity index (χ1v) is 11.0. The molecule has 0 saturated carbocycles. The Hall–Kier alpha value is -3.88. The normalized spacial score (nSPS) is 19.9. The number of nitrogens with zero attached hydrogens (tertiary/aromatic N) is 7. The lowest BCUT2D eigenvalue weighted by Crippen LogP contribution is -2.65. The van der Waals surface area contributed by atoms with E-state index in [1.165, 1.54) is 16.9 Å². The van der Waals surface area contributed by atoms with Crippen molar-refractivity contribution in [1.29, 1.82) is 0 Å². The second-order valence-corrected chi connectivity index (χ2v) is 8.72. The van der Waals surface area contributed by atoms with Gasteiger partial charge in [0.15, 0.2) is 0 Å². The number of fused-ring (bicyclic) bond motifs is 2. The third-order valence-electron chi connectivity index (χ3n) is 6.64. The SMILES string of the molecule is Cc1ccc(-n2nccn2)c(C(=O)N2CC[C@H]3CN(c4cnc5cc(F)ccc5n4)[C@H]3C2)c1. The third kappa shape index (κ3) is 3.40. The summed E-state index contributed by atoms with van der Waals surface area (Å²) in [5, 5.41) is 8.42. The maximum Gasteiger partial charge on any atom is 0.256 e. The number of likely N-dealkylation sites (tertiary alicyclic amines) is 1. The number of carbonyl (C=O) groups is 1. The minimum atomic E-state index is -0.323. The van der Waals surface area contributed by atoms with E-state index in [2.05, 4.69) is 20.1 Å². The van der Waals surface area contributed by atoms with Crippen molar-refractivity contribution in [2.45, 2.75) is 19.4 Å². The van der Waals surface area contributed by atoms with Crippen LogP contribution in [-0.4, -0.2) is 61.4 Å². The molecule has 0 spiro atoms. The van der Waals surface area contributed by atoms with Crippen molar-refractivity contribution in [2.24, 2.45) is 5.92 Å². The average molecular weight is 443 g/mol. The van der Waals surface area contributed by atoms with Gasteiger partial charge in [0.1, 0.15) is 11.6 Å². The lowest BCUT2D eigenvalue weighted by Gasteiger charge is -2.53. The van der Waals surface area contributed by atoms with Gasteiger partial charge < -0.3 is 9.80 Å². The molecule has 166 valence electrons. The van der Waals surface area contributed by atoms with Crippen molar-refractivity contribution in [3.63, 3.8) is 0 Å². The van der Waals surface area contributed by atoms with Crippen LogP contribution in [0.4, 0.5) is 10.2 Å². The highest BCUT2D eigenvalue weighted by Gasteiger charge is 2.44. The Morgan fingerprint density at radius 3 is 2.76 bits per heavy atom. The second-order valence-electron chi connectivity index (χ2n) is 8.72. The molecule has 2 saturated heterocycles. The minimum absolute atomic E-state index is 0.0172. The summed E-state index contributed by atoms with van der Waals surface area (Å²) >= 11 is 0. The van der Waals surface area contributed by atoms with Crippen LogP contribution in [0.3, 0.4) is 0 Å². The molecular weight excluding hydrogens is 421 g/mol. The van der Waals surface area contributed by atoms with Gasteiger partial charge >= 0.3 is 0 Å². The van der Waals surface area contributed by atoms with Crippen LogP contribution in [0.1, 0.15) is 22.3 Å². The maximum atomic E-state index is 13.6. The summed E-state index contributed by atoms with van der Waals surface area (Å²) in [6.45, 7) is 4.20. The smallest absolute Gasteiger partial charge is 0.256 e. The van der Waals surface area contributed by atoms with Crippen LogP contribution in [0.15, 0.2) is 55.0 Å². The zero-order valence-electron chi connectivity index (χ0n) is 18.1. The first kappa shape index (κ1) is 19.8. The summed E-state index contributed by atoms with van der Waals surface area (Å²) in [5.41, 5.74) is 3.49. The summed E-state index contributed by atoms with van der Waals surface area (Å²) in [5.74, 6) is 0.943. The molecular formula is C24H22FN7O. The molecule has 2 fully saturated rings. The fraction of sp³-hybridized carbons (Fsp3) is 0.292. The predicted molar refractivity (Wildman–Crippen MR) is 121 cm³/mol. The van der Waals surface area contributed by atoms with Crippen LogP contribution in [0.2, 0.25) is 0 Å². The topological polar surface area (TPSA) is 80.0 Å². The number of halogens is 1. The molecule has 33 heavy (non-hydrogen) atoms. The van der Waals surface area contributed by atoms with Crippen LogP contribution in [0.5, 0.6) is 0 Å². The minimum Gasteiger partial charge on any atom is -0.350 e. The van der Waals surface area contributed by atoms with Gasteiger partial charge in [0.05, 0.1) is 46.9 Å². The van der Waals surface area contributed by atoms with Crippen molar-refractivity contribution in [2.75, 3.05) is 24.5 Å². The first-order chi connectivity index (χ1) is 16.1. The number of anilines is 1. The molecule has 0 N–H and O–H groups in total. The van der Waals surface area contributed by atoms with E-state index in [9.17, 15) is 9.18 Å². The number of benzene rings is 2. The molecule has 8 nitrogen and oxygen atoms in total. The fourth-order valence-corrected chi connectivity index (χ4v) is 4.86. The van der Waals surface area contributed by atoms with E-state index in [1.807, 2.05) is 30.0 Å². The number of hydrogen-bond acceptors (Lipinski definition) is 6. The molecule has 0 radical (unpaired) electrons. The first-order valence-electron chi connectivity index (χ1n) is 11.0. The Kier molecular flexibility index (Phi) is 4.56. The third-order valence-corrected chi connectivity index (χ3v) is 6.64. The lowest BCUT2D eigenvalue weighted by molar-refractivity contribution is 0.0591. The van der Waals surface area contributed by atoms with Crippen LogP contribution >= 0.6 is 0 Å². The molecule has 2 aromatic carbocycles. The van der Waals surface area contributed by atoms with Gasteiger partial charge in [0.2, 0.25) is 0 Å². The van der Waals surface area contributed by atoms with Crippen molar-refractivity contribution in [3.8, 4) is 5.69 Å². The maximum absolute atomic E-state index is 13.6. The molecule has 4 aromatic rings. The van der Waals surface area contributed by atoms with Gasteiger partial charge in [-0.2, -0.15) is 15.0 Å². The summed E-state index contributed by atoms with van der Waals surface area (Å²) < 4.78 is 13.5. The number of aromatic nitrogens is 5. The number of piperidine rings is 1. The molecule has 2 atom stereocenters. The van der Waals surface area contributed by atoms with E-state index < -0.39 is 0 Å². The standard InChI is InChI=1S/C24H22FN7O/c1-15-2-5-21(32-27-7-8-28-32)18(10-15)24(33)30-9-6-16-13-31(22(16)14-30)23-12-26-20-11-17(25)3-4-19(20)29-23/h2-5,7-8,10-12,16,22H,6,9,13-14H2,1H3/t16-,22-/m0/s1. The summed E-state index contributed by atoms with van der Waals surface area (Å²) in [6, 6.07) is 10.4. The van der Waals surface area contributed by atoms with Crippen LogP contribution < -0.4 is 4.90 Å². The van der Waals surface area contributed by atoms with E-state index in [0.29, 0.717) is 34.7 Å². The zero-order valence-corrected chi connectivity index (χ0v) is 18.1. The fourth-order valence-electron chi connectivity index (χ4n) is 4.86. The Balaban J connectivity index is 1.26. The molecule has 2 aliphatic rings. The summed E-state index contributed by atoms with van der Waals surface area (Å²) in [4.78, 5) is 28.3. The van der Waals surface area contributed by atoms with Crippen LogP contribution in [0.25, 0.3) is 16.7 Å². The molecule has 1 amide bonds. The zero-order chi connectivity index (χ0) is 22.5. The van der Waals surface area contributed by atoms with Crippen LogP contribution in [-0.2, 0) is 0 Å². The van der Waals surface area contributed by atoms with Crippen molar-refractivity contribution in [3.05, 3.63) is 71.9 Å². The van der Waals surface area contributed by atoms with Crippen molar-refractivity contribution >= 4 is 22.8 Å². The molecule has 4 heterocycles. The summed E-state index contributed by atoms with van der Waals surface area (Å²) in [7, 11) is 0.